The second-order valence-corrected chi connectivity index (χ2v) is 7.66. The van der Waals surface area contributed by atoms with Crippen LogP contribution in [0.15, 0.2) is 49.1 Å². The molecule has 1 saturated heterocycles. The van der Waals surface area contributed by atoms with E-state index in [0.717, 1.165) is 44.0 Å². The van der Waals surface area contributed by atoms with Crippen LogP contribution in [0.3, 0.4) is 0 Å². The molecule has 1 aliphatic rings. The molecule has 0 radical (unpaired) electrons. The summed E-state index contributed by atoms with van der Waals surface area (Å²) in [7, 11) is 1.94. The predicted octanol–water partition coefficient (Wildman–Crippen LogP) is 2.32. The number of rotatable bonds is 5. The fraction of sp³-hybridized carbons (Fsp3) is 0.350. The summed E-state index contributed by atoms with van der Waals surface area (Å²) >= 11 is 5.59. The maximum absolute atomic E-state index is 13.0. The van der Waals surface area contributed by atoms with Gasteiger partial charge in [0.25, 0.3) is 0 Å². The average molecular weight is 414 g/mol. The Hall–Kier alpha value is -2.78. The second-order valence-electron chi connectivity index (χ2n) is 7.27. The molecule has 1 fully saturated rings. The van der Waals surface area contributed by atoms with Gasteiger partial charge >= 0.3 is 0 Å². The van der Waals surface area contributed by atoms with Gasteiger partial charge in [0.2, 0.25) is 0 Å². The predicted molar refractivity (Wildman–Crippen MR) is 114 cm³/mol. The quantitative estimate of drug-likeness (QED) is 0.648. The Morgan fingerprint density at radius 2 is 1.76 bits per heavy atom. The molecule has 9 heteroatoms. The number of aromatic nitrogens is 4. The van der Waals surface area contributed by atoms with Gasteiger partial charge in [-0.15, -0.1) is 0 Å². The van der Waals surface area contributed by atoms with Crippen LogP contribution in [0.2, 0.25) is 0 Å². The highest BCUT2D eigenvalue weighted by atomic mass is 32.1. The molecule has 3 heterocycles. The van der Waals surface area contributed by atoms with E-state index in [1.807, 2.05) is 28.8 Å². The van der Waals surface area contributed by atoms with E-state index in [-0.39, 0.29) is 5.82 Å². The molecule has 0 aliphatic carbocycles. The Labute approximate surface area is 174 Å². The molecule has 7 nitrogen and oxygen atoms in total. The molecule has 0 atom stereocenters. The summed E-state index contributed by atoms with van der Waals surface area (Å²) in [6.45, 7) is 5.19. The summed E-state index contributed by atoms with van der Waals surface area (Å²) in [4.78, 5) is 4.60. The van der Waals surface area contributed by atoms with Crippen molar-refractivity contribution in [3.05, 3.63) is 66.0 Å². The molecule has 0 saturated carbocycles. The van der Waals surface area contributed by atoms with Gasteiger partial charge in [0, 0.05) is 57.7 Å². The summed E-state index contributed by atoms with van der Waals surface area (Å²) in [5.41, 5.74) is 3.08. The van der Waals surface area contributed by atoms with E-state index < -0.39 is 0 Å². The van der Waals surface area contributed by atoms with Crippen LogP contribution in [0, 0.1) is 5.82 Å². The van der Waals surface area contributed by atoms with Crippen molar-refractivity contribution in [3.63, 3.8) is 0 Å². The SMILES string of the molecule is Cn1cc(CN2CCN(C(=S)Nc3cnn(Cc4ccc(F)cc4)c3)CC2)cn1. The smallest absolute Gasteiger partial charge is 0.173 e. The van der Waals surface area contributed by atoms with Crippen molar-refractivity contribution in [1.29, 1.82) is 0 Å². The zero-order valence-corrected chi connectivity index (χ0v) is 17.1. The largest absolute Gasteiger partial charge is 0.346 e. The van der Waals surface area contributed by atoms with Gasteiger partial charge in [-0.1, -0.05) is 12.1 Å². The van der Waals surface area contributed by atoms with Crippen LogP contribution in [0.5, 0.6) is 0 Å². The molecule has 3 aromatic rings. The Balaban J connectivity index is 1.25. The van der Waals surface area contributed by atoms with Gasteiger partial charge in [0.1, 0.15) is 5.82 Å². The molecule has 0 amide bonds. The number of aryl methyl sites for hydroxylation is 1. The average Bonchev–Trinajstić information content (AvgIpc) is 3.33. The van der Waals surface area contributed by atoms with Crippen molar-refractivity contribution in [2.24, 2.45) is 7.05 Å². The van der Waals surface area contributed by atoms with Crippen molar-refractivity contribution in [2.75, 3.05) is 31.5 Å². The zero-order valence-electron chi connectivity index (χ0n) is 16.3. The van der Waals surface area contributed by atoms with Crippen LogP contribution in [0.25, 0.3) is 0 Å². The minimum atomic E-state index is -0.234. The number of hydrogen-bond acceptors (Lipinski definition) is 4. The van der Waals surface area contributed by atoms with E-state index in [0.29, 0.717) is 11.7 Å². The molecule has 152 valence electrons. The van der Waals surface area contributed by atoms with Gasteiger partial charge in [0.05, 0.1) is 24.6 Å². The van der Waals surface area contributed by atoms with Crippen molar-refractivity contribution in [3.8, 4) is 0 Å². The van der Waals surface area contributed by atoms with Crippen molar-refractivity contribution in [2.45, 2.75) is 13.1 Å². The van der Waals surface area contributed by atoms with Gasteiger partial charge in [-0.2, -0.15) is 10.2 Å². The lowest BCUT2D eigenvalue weighted by Gasteiger charge is -2.35. The fourth-order valence-electron chi connectivity index (χ4n) is 3.41. The molecule has 0 spiro atoms. The van der Waals surface area contributed by atoms with Crippen LogP contribution in [0.4, 0.5) is 10.1 Å². The molecule has 0 unspecified atom stereocenters. The van der Waals surface area contributed by atoms with E-state index in [4.69, 9.17) is 12.2 Å². The summed E-state index contributed by atoms with van der Waals surface area (Å²) in [5, 5.41) is 12.6. The highest BCUT2D eigenvalue weighted by molar-refractivity contribution is 7.80. The first kappa shape index (κ1) is 19.5. The van der Waals surface area contributed by atoms with Gasteiger partial charge in [-0.25, -0.2) is 4.39 Å². The molecule has 29 heavy (non-hydrogen) atoms. The minimum absolute atomic E-state index is 0.234. The summed E-state index contributed by atoms with van der Waals surface area (Å²) in [6, 6.07) is 6.45. The van der Waals surface area contributed by atoms with Crippen LogP contribution in [-0.2, 0) is 20.1 Å². The first-order chi connectivity index (χ1) is 14.0. The Morgan fingerprint density at radius 3 is 2.45 bits per heavy atom. The van der Waals surface area contributed by atoms with Gasteiger partial charge in [-0.3, -0.25) is 14.3 Å². The Kier molecular flexibility index (Phi) is 5.86. The van der Waals surface area contributed by atoms with Crippen molar-refractivity contribution in [1.82, 2.24) is 29.4 Å². The van der Waals surface area contributed by atoms with Crippen LogP contribution in [0.1, 0.15) is 11.1 Å². The zero-order chi connectivity index (χ0) is 20.2. The number of anilines is 1. The van der Waals surface area contributed by atoms with E-state index in [2.05, 4.69) is 31.5 Å². The Bertz CT molecular complexity index is 957. The molecule has 0 bridgehead atoms. The number of halogens is 1. The number of benzene rings is 1. The summed E-state index contributed by atoms with van der Waals surface area (Å²) in [6.07, 6.45) is 7.65. The van der Waals surface area contributed by atoms with E-state index in [1.165, 1.54) is 17.7 Å². The first-order valence-electron chi connectivity index (χ1n) is 9.58. The lowest BCUT2D eigenvalue weighted by atomic mass is 10.2. The molecule has 1 N–H and O–H groups in total. The van der Waals surface area contributed by atoms with E-state index >= 15 is 0 Å². The second kappa shape index (κ2) is 8.71. The van der Waals surface area contributed by atoms with Crippen LogP contribution in [-0.4, -0.2) is 60.7 Å². The summed E-state index contributed by atoms with van der Waals surface area (Å²) < 4.78 is 16.7. The molecule has 4 rings (SSSR count). The number of thiocarbonyl (C=S) groups is 1. The highest BCUT2D eigenvalue weighted by Crippen LogP contribution is 2.12. The third kappa shape index (κ3) is 5.18. The molecule has 2 aromatic heterocycles. The maximum Gasteiger partial charge on any atom is 0.173 e. The third-order valence-corrected chi connectivity index (χ3v) is 5.33. The van der Waals surface area contributed by atoms with Gasteiger partial charge < -0.3 is 10.2 Å². The minimum Gasteiger partial charge on any atom is -0.346 e. The molecule has 1 aromatic carbocycles. The lowest BCUT2D eigenvalue weighted by Crippen LogP contribution is -2.49. The van der Waals surface area contributed by atoms with Crippen LogP contribution >= 0.6 is 12.2 Å². The Morgan fingerprint density at radius 1 is 1.00 bits per heavy atom. The molecule has 1 aliphatic heterocycles. The normalized spacial score (nSPS) is 14.9. The lowest BCUT2D eigenvalue weighted by molar-refractivity contribution is 0.177. The third-order valence-electron chi connectivity index (χ3n) is 4.97. The molecular weight excluding hydrogens is 389 g/mol. The van der Waals surface area contributed by atoms with E-state index in [9.17, 15) is 4.39 Å². The van der Waals surface area contributed by atoms with Gasteiger partial charge in [0.15, 0.2) is 5.11 Å². The van der Waals surface area contributed by atoms with Crippen LogP contribution < -0.4 is 5.32 Å². The number of nitrogens with one attached hydrogen (secondary N) is 1. The first-order valence-corrected chi connectivity index (χ1v) is 9.99. The monoisotopic (exact) mass is 413 g/mol. The van der Waals surface area contributed by atoms with Crippen molar-refractivity contribution >= 4 is 23.0 Å². The topological polar surface area (TPSA) is 54.1 Å². The number of nitrogens with zero attached hydrogens (tertiary/aromatic N) is 6. The fourth-order valence-corrected chi connectivity index (χ4v) is 3.72. The van der Waals surface area contributed by atoms with E-state index in [1.54, 1.807) is 18.3 Å². The van der Waals surface area contributed by atoms with Gasteiger partial charge in [-0.05, 0) is 29.9 Å². The maximum atomic E-state index is 13.0. The molecular formula is C20H24FN7S. The standard InChI is InChI=1S/C20H24FN7S/c1-25-12-17(10-22-25)13-26-6-8-27(9-7-26)20(29)24-19-11-23-28(15-19)14-16-2-4-18(21)5-3-16/h2-5,10-12,15H,6-9,13-14H2,1H3,(H,24,29). The number of hydrogen-bond donors (Lipinski definition) is 1. The summed E-state index contributed by atoms with van der Waals surface area (Å²) in [5.74, 6) is -0.234. The highest BCUT2D eigenvalue weighted by Gasteiger charge is 2.19. The van der Waals surface area contributed by atoms with Crippen molar-refractivity contribution < 1.29 is 4.39 Å². The number of piperazine rings is 1.